The van der Waals surface area contributed by atoms with Crippen molar-refractivity contribution in [3.63, 3.8) is 0 Å². The van der Waals surface area contributed by atoms with Crippen molar-refractivity contribution in [3.05, 3.63) is 59.7 Å². The Morgan fingerprint density at radius 3 is 2.58 bits per heavy atom. The van der Waals surface area contributed by atoms with E-state index >= 15 is 0 Å². The van der Waals surface area contributed by atoms with Gasteiger partial charge in [-0.15, -0.1) is 0 Å². The van der Waals surface area contributed by atoms with Crippen LogP contribution in [0.3, 0.4) is 0 Å². The third-order valence-corrected chi connectivity index (χ3v) is 5.52. The molecule has 0 radical (unpaired) electrons. The molecule has 1 N–H and O–H groups in total. The van der Waals surface area contributed by atoms with Gasteiger partial charge in [0.2, 0.25) is 0 Å². The molecule has 1 atom stereocenters. The average Bonchev–Trinajstić information content (AvgIpc) is 3.30. The van der Waals surface area contributed by atoms with Crippen molar-refractivity contribution >= 4 is 11.6 Å². The second-order valence-electron chi connectivity index (χ2n) is 7.90. The highest BCUT2D eigenvalue weighted by molar-refractivity contribution is 5.78. The highest BCUT2D eigenvalue weighted by Gasteiger charge is 2.38. The molecule has 1 aliphatic heterocycles. The van der Waals surface area contributed by atoms with Crippen LogP contribution in [0.2, 0.25) is 0 Å². The van der Waals surface area contributed by atoms with Crippen molar-refractivity contribution in [2.24, 2.45) is 0 Å². The molecule has 0 aliphatic carbocycles. The molecule has 1 saturated heterocycles. The van der Waals surface area contributed by atoms with Crippen molar-refractivity contribution in [1.29, 1.82) is 0 Å². The fourth-order valence-electron chi connectivity index (χ4n) is 3.79. The van der Waals surface area contributed by atoms with Crippen LogP contribution in [-0.2, 0) is 22.3 Å². The summed E-state index contributed by atoms with van der Waals surface area (Å²) in [5, 5.41) is 9.09. The first-order valence-electron chi connectivity index (χ1n) is 10.9. The Morgan fingerprint density at radius 2 is 1.91 bits per heavy atom. The van der Waals surface area contributed by atoms with Crippen LogP contribution in [-0.4, -0.2) is 55.0 Å². The monoisotopic (exact) mass is 466 g/mol. The SMILES string of the molecule is CCCOCN(c1ccccc1C(F)(F)F)C1CCN(C(=O)COc2ccc(CO)cc2)C1. The number of carbonyl (C=O) groups excluding carboxylic acids is 1. The first kappa shape index (κ1) is 24.9. The number of carbonyl (C=O) groups is 1. The van der Waals surface area contributed by atoms with Gasteiger partial charge in [-0.1, -0.05) is 31.2 Å². The molecular formula is C24H29F3N2O4. The van der Waals surface area contributed by atoms with Gasteiger partial charge in [-0.25, -0.2) is 0 Å². The van der Waals surface area contributed by atoms with Crippen LogP contribution in [0.4, 0.5) is 18.9 Å². The van der Waals surface area contributed by atoms with Gasteiger partial charge in [0.15, 0.2) is 6.61 Å². The lowest BCUT2D eigenvalue weighted by Gasteiger charge is -2.33. The van der Waals surface area contributed by atoms with Gasteiger partial charge < -0.3 is 24.4 Å². The molecule has 1 fully saturated rings. The van der Waals surface area contributed by atoms with E-state index in [2.05, 4.69) is 0 Å². The van der Waals surface area contributed by atoms with E-state index in [1.54, 1.807) is 40.1 Å². The Labute approximate surface area is 191 Å². The van der Waals surface area contributed by atoms with Gasteiger partial charge >= 0.3 is 6.18 Å². The van der Waals surface area contributed by atoms with Crippen LogP contribution >= 0.6 is 0 Å². The standard InChI is InChI=1S/C24H29F3N2O4/c1-2-13-32-17-29(22-6-4-3-5-21(22)24(25,26)27)19-11-12-28(14-19)23(31)16-33-20-9-7-18(15-30)8-10-20/h3-10,19,30H,2,11-17H2,1H3. The fourth-order valence-corrected chi connectivity index (χ4v) is 3.79. The summed E-state index contributed by atoms with van der Waals surface area (Å²) < 4.78 is 52.1. The minimum atomic E-state index is -4.49. The van der Waals surface area contributed by atoms with Crippen molar-refractivity contribution in [3.8, 4) is 5.75 Å². The number of halogens is 3. The molecule has 2 aromatic carbocycles. The second-order valence-corrected chi connectivity index (χ2v) is 7.90. The molecular weight excluding hydrogens is 437 g/mol. The van der Waals surface area contributed by atoms with Crippen LogP contribution < -0.4 is 9.64 Å². The number of alkyl halides is 3. The Balaban J connectivity index is 1.67. The Bertz CT molecular complexity index is 905. The maximum atomic E-state index is 13.6. The van der Waals surface area contributed by atoms with E-state index in [9.17, 15) is 18.0 Å². The van der Waals surface area contributed by atoms with Crippen molar-refractivity contribution < 1.29 is 32.5 Å². The highest BCUT2D eigenvalue weighted by atomic mass is 19.4. The summed E-state index contributed by atoms with van der Waals surface area (Å²) in [6, 6.07) is 11.9. The lowest BCUT2D eigenvalue weighted by molar-refractivity contribution is -0.137. The first-order valence-corrected chi connectivity index (χ1v) is 10.9. The maximum absolute atomic E-state index is 13.6. The second kappa shape index (κ2) is 11.4. The number of rotatable bonds is 10. The smallest absolute Gasteiger partial charge is 0.418 e. The zero-order valence-corrected chi connectivity index (χ0v) is 18.6. The maximum Gasteiger partial charge on any atom is 0.418 e. The molecule has 180 valence electrons. The van der Waals surface area contributed by atoms with Crippen molar-refractivity contribution in [1.82, 2.24) is 4.90 Å². The van der Waals surface area contributed by atoms with E-state index in [0.29, 0.717) is 25.3 Å². The van der Waals surface area contributed by atoms with E-state index in [1.807, 2.05) is 6.92 Å². The number of amides is 1. The van der Waals surface area contributed by atoms with E-state index in [4.69, 9.17) is 14.6 Å². The van der Waals surface area contributed by atoms with Gasteiger partial charge in [0.05, 0.1) is 23.9 Å². The number of anilines is 1. The summed E-state index contributed by atoms with van der Waals surface area (Å²) in [5.74, 6) is 0.271. The van der Waals surface area contributed by atoms with Crippen LogP contribution in [0.25, 0.3) is 0 Å². The number of para-hydroxylation sites is 1. The third-order valence-electron chi connectivity index (χ3n) is 5.52. The van der Waals surface area contributed by atoms with Gasteiger partial charge in [0, 0.05) is 19.7 Å². The fraction of sp³-hybridized carbons (Fsp3) is 0.458. The average molecular weight is 467 g/mol. The molecule has 0 saturated carbocycles. The quantitative estimate of drug-likeness (QED) is 0.423. The van der Waals surface area contributed by atoms with E-state index in [0.717, 1.165) is 18.1 Å². The summed E-state index contributed by atoms with van der Waals surface area (Å²) >= 11 is 0. The van der Waals surface area contributed by atoms with E-state index in [-0.39, 0.29) is 44.1 Å². The Kier molecular flexibility index (Phi) is 8.57. The zero-order valence-electron chi connectivity index (χ0n) is 18.6. The molecule has 6 nitrogen and oxygen atoms in total. The lowest BCUT2D eigenvalue weighted by Crippen LogP contribution is -2.42. The molecule has 3 rings (SSSR count). The minimum Gasteiger partial charge on any atom is -0.484 e. The number of aliphatic hydroxyl groups is 1. The van der Waals surface area contributed by atoms with E-state index in [1.165, 1.54) is 12.1 Å². The van der Waals surface area contributed by atoms with Gasteiger partial charge in [-0.3, -0.25) is 4.79 Å². The van der Waals surface area contributed by atoms with Crippen LogP contribution in [0.5, 0.6) is 5.75 Å². The molecule has 33 heavy (non-hydrogen) atoms. The van der Waals surface area contributed by atoms with Crippen LogP contribution in [0.15, 0.2) is 48.5 Å². The summed E-state index contributed by atoms with van der Waals surface area (Å²) in [5.41, 5.74) is 0.0748. The normalized spacial score (nSPS) is 16.2. The van der Waals surface area contributed by atoms with Gasteiger partial charge in [-0.05, 0) is 42.7 Å². The number of hydrogen-bond acceptors (Lipinski definition) is 5. The van der Waals surface area contributed by atoms with E-state index < -0.39 is 11.7 Å². The molecule has 1 unspecified atom stereocenters. The van der Waals surface area contributed by atoms with Crippen molar-refractivity contribution in [2.45, 2.75) is 38.6 Å². The highest BCUT2D eigenvalue weighted by Crippen LogP contribution is 2.38. The Morgan fingerprint density at radius 1 is 1.18 bits per heavy atom. The van der Waals surface area contributed by atoms with Crippen LogP contribution in [0, 0.1) is 0 Å². The number of likely N-dealkylation sites (tertiary alicyclic amines) is 1. The topological polar surface area (TPSA) is 62.2 Å². The molecule has 9 heteroatoms. The van der Waals surface area contributed by atoms with Crippen LogP contribution in [0.1, 0.15) is 30.9 Å². The molecule has 1 heterocycles. The minimum absolute atomic E-state index is 0.0152. The molecule has 1 amide bonds. The number of nitrogens with zero attached hydrogens (tertiary/aromatic N) is 2. The zero-order chi connectivity index (χ0) is 23.8. The first-order chi connectivity index (χ1) is 15.8. The molecule has 2 aromatic rings. The molecule has 0 spiro atoms. The number of aliphatic hydroxyl groups excluding tert-OH is 1. The molecule has 1 aliphatic rings. The van der Waals surface area contributed by atoms with Crippen molar-refractivity contribution in [2.75, 3.05) is 37.9 Å². The lowest BCUT2D eigenvalue weighted by atomic mass is 10.1. The number of ether oxygens (including phenoxy) is 2. The molecule has 0 aromatic heterocycles. The van der Waals surface area contributed by atoms with Gasteiger partial charge in [0.1, 0.15) is 12.5 Å². The summed E-state index contributed by atoms with van der Waals surface area (Å²) in [6.45, 7) is 2.84. The van der Waals surface area contributed by atoms with Gasteiger partial charge in [-0.2, -0.15) is 13.2 Å². The molecule has 0 bridgehead atoms. The number of hydrogen-bond donors (Lipinski definition) is 1. The largest absolute Gasteiger partial charge is 0.484 e. The third kappa shape index (κ3) is 6.61. The summed E-state index contributed by atoms with van der Waals surface area (Å²) in [4.78, 5) is 15.9. The predicted octanol–water partition coefficient (Wildman–Crippen LogP) is 4.07. The summed E-state index contributed by atoms with van der Waals surface area (Å²) in [6.07, 6.45) is -3.22. The number of benzene rings is 2. The predicted molar refractivity (Wildman–Crippen MR) is 118 cm³/mol. The van der Waals surface area contributed by atoms with Gasteiger partial charge in [0.25, 0.3) is 5.91 Å². The summed E-state index contributed by atoms with van der Waals surface area (Å²) in [7, 11) is 0. The Hall–Kier alpha value is -2.78.